The van der Waals surface area contributed by atoms with Crippen LogP contribution in [0.15, 0.2) is 225 Å². The Kier molecular flexibility index (Phi) is 8.36. The molecule has 0 saturated heterocycles. The smallest absolute Gasteiger partial charge is 0.102 e. The van der Waals surface area contributed by atoms with Gasteiger partial charge in [-0.3, -0.25) is 4.98 Å². The molecule has 5 heterocycles. The van der Waals surface area contributed by atoms with Crippen LogP contribution in [0.3, 0.4) is 0 Å². The number of nitriles is 2. The molecule has 15 rings (SSSR count). The number of nitrogens with zero attached hydrogens (tertiary/aromatic N) is 7. The molecule has 0 radical (unpaired) electrons. The topological polar surface area (TPSA) is 80.2 Å². The highest BCUT2D eigenvalue weighted by Crippen LogP contribution is 2.48. The minimum absolute atomic E-state index is 0.382. The zero-order chi connectivity index (χ0) is 47.6. The normalized spacial score (nSPS) is 11.9. The van der Waals surface area contributed by atoms with Gasteiger partial charge in [0.15, 0.2) is 0 Å². The standard InChI is InChI=1S/C65H37N7/c66-36-50-59(71-55-29-15-11-25-48(55)62-57(71)33-31-46-44-23-9-13-27-53(44)69(64(46)62)41-18-3-1-4-19-41)35-60(51(37-67)61(50)52-39-68-38-40-17-7-8-22-43(40)52)72-56-30-16-12-26-49(56)63-58(72)34-32-47-45-24-10-14-28-54(45)70(65(47)63)42-20-5-2-6-21-42/h1-35,38-39H. The number of pyridine rings is 1. The Labute approximate surface area is 411 Å². The summed E-state index contributed by atoms with van der Waals surface area (Å²) in [4.78, 5) is 4.77. The molecule has 0 bridgehead atoms. The minimum atomic E-state index is 0.382. The van der Waals surface area contributed by atoms with Crippen LogP contribution >= 0.6 is 0 Å². The van der Waals surface area contributed by atoms with E-state index in [1.54, 1.807) is 0 Å². The molecule has 0 spiro atoms. The van der Waals surface area contributed by atoms with E-state index >= 15 is 0 Å². The molecule has 0 unspecified atom stereocenters. The lowest BCUT2D eigenvalue weighted by atomic mass is 9.90. The van der Waals surface area contributed by atoms with Crippen molar-refractivity contribution in [1.29, 1.82) is 10.5 Å². The summed E-state index contributed by atoms with van der Waals surface area (Å²) < 4.78 is 9.25. The largest absolute Gasteiger partial charge is 0.309 e. The Morgan fingerprint density at radius 2 is 0.736 bits per heavy atom. The maximum absolute atomic E-state index is 11.8. The third-order valence-corrected chi connectivity index (χ3v) is 14.9. The van der Waals surface area contributed by atoms with Gasteiger partial charge in [-0.2, -0.15) is 10.5 Å². The molecule has 0 amide bonds. The van der Waals surface area contributed by atoms with Crippen molar-refractivity contribution in [2.24, 2.45) is 0 Å². The summed E-state index contributed by atoms with van der Waals surface area (Å²) in [7, 11) is 0. The van der Waals surface area contributed by atoms with Crippen LogP contribution in [0, 0.1) is 22.7 Å². The third-order valence-electron chi connectivity index (χ3n) is 14.9. The molecular formula is C65H37N7. The van der Waals surface area contributed by atoms with Gasteiger partial charge >= 0.3 is 0 Å². The van der Waals surface area contributed by atoms with E-state index in [1.165, 1.54) is 0 Å². The Morgan fingerprint density at radius 3 is 1.21 bits per heavy atom. The lowest BCUT2D eigenvalue weighted by molar-refractivity contribution is 1.12. The van der Waals surface area contributed by atoms with Crippen LogP contribution in [0.1, 0.15) is 11.1 Å². The second-order valence-electron chi connectivity index (χ2n) is 18.5. The van der Waals surface area contributed by atoms with E-state index in [2.05, 4.69) is 225 Å². The van der Waals surface area contributed by atoms with E-state index in [0.29, 0.717) is 33.6 Å². The van der Waals surface area contributed by atoms with Gasteiger partial charge in [-0.15, -0.1) is 0 Å². The summed E-state index contributed by atoms with van der Waals surface area (Å²) in [5.74, 6) is 0. The first kappa shape index (κ1) is 39.8. The summed E-state index contributed by atoms with van der Waals surface area (Å²) >= 11 is 0. The van der Waals surface area contributed by atoms with Crippen LogP contribution < -0.4 is 0 Å². The van der Waals surface area contributed by atoms with Gasteiger partial charge in [0.2, 0.25) is 0 Å². The number of hydrogen-bond donors (Lipinski definition) is 0. The van der Waals surface area contributed by atoms with Gasteiger partial charge in [-0.25, -0.2) is 0 Å². The lowest BCUT2D eigenvalue weighted by Gasteiger charge is -2.21. The monoisotopic (exact) mass is 915 g/mol. The average Bonchev–Trinajstić information content (AvgIpc) is 4.18. The van der Waals surface area contributed by atoms with E-state index < -0.39 is 0 Å². The molecule has 332 valence electrons. The van der Waals surface area contributed by atoms with Crippen molar-refractivity contribution in [3.05, 3.63) is 236 Å². The molecule has 15 aromatic rings. The second-order valence-corrected chi connectivity index (χ2v) is 18.5. The first-order valence-electron chi connectivity index (χ1n) is 24.1. The van der Waals surface area contributed by atoms with Crippen LogP contribution in [0.2, 0.25) is 0 Å². The zero-order valence-corrected chi connectivity index (χ0v) is 38.5. The van der Waals surface area contributed by atoms with Gasteiger partial charge in [-0.05, 0) is 72.1 Å². The van der Waals surface area contributed by atoms with Crippen molar-refractivity contribution in [2.75, 3.05) is 0 Å². The molecule has 72 heavy (non-hydrogen) atoms. The van der Waals surface area contributed by atoms with Crippen LogP contribution in [-0.4, -0.2) is 23.3 Å². The highest BCUT2D eigenvalue weighted by molar-refractivity contribution is 6.28. The predicted molar refractivity (Wildman–Crippen MR) is 294 cm³/mol. The van der Waals surface area contributed by atoms with Crippen LogP contribution in [-0.2, 0) is 0 Å². The number of rotatable bonds is 5. The molecular weight excluding hydrogens is 879 g/mol. The molecule has 10 aromatic carbocycles. The van der Waals surface area contributed by atoms with Crippen LogP contribution in [0.5, 0.6) is 0 Å². The van der Waals surface area contributed by atoms with E-state index in [-0.39, 0.29) is 0 Å². The van der Waals surface area contributed by atoms with E-state index in [4.69, 9.17) is 4.98 Å². The highest BCUT2D eigenvalue weighted by atomic mass is 15.0. The summed E-state index contributed by atoms with van der Waals surface area (Å²) in [6.07, 6.45) is 3.66. The van der Waals surface area contributed by atoms with Gasteiger partial charge < -0.3 is 18.3 Å². The van der Waals surface area contributed by atoms with Crippen molar-refractivity contribution < 1.29 is 0 Å². The molecule has 0 N–H and O–H groups in total. The van der Waals surface area contributed by atoms with Crippen molar-refractivity contribution in [1.82, 2.24) is 23.3 Å². The van der Waals surface area contributed by atoms with Crippen molar-refractivity contribution in [2.45, 2.75) is 0 Å². The molecule has 5 aromatic heterocycles. The SMILES string of the molecule is N#Cc1c(-n2c3ccccc3c3c2ccc2c4ccccc4n(-c4ccccc4)c23)cc(-n2c3ccccc3c3c2ccc2c4ccccc4n(-c4ccccc4)c23)c(C#N)c1-c1cncc2ccccc12. The number of fused-ring (bicyclic) bond motifs is 15. The van der Waals surface area contributed by atoms with Gasteiger partial charge in [0.05, 0.1) is 66.6 Å². The molecule has 7 nitrogen and oxygen atoms in total. The fourth-order valence-electron chi connectivity index (χ4n) is 12.0. The fraction of sp³-hybridized carbons (Fsp3) is 0. The second kappa shape index (κ2) is 15.1. The van der Waals surface area contributed by atoms with E-state index in [9.17, 15) is 10.5 Å². The molecule has 0 fully saturated rings. The summed E-state index contributed by atoms with van der Waals surface area (Å²) in [6, 6.07) is 79.7. The number of hydrogen-bond acceptors (Lipinski definition) is 3. The molecule has 0 atom stereocenters. The molecule has 0 aliphatic rings. The first-order valence-corrected chi connectivity index (χ1v) is 24.1. The van der Waals surface area contributed by atoms with Gasteiger partial charge in [0.1, 0.15) is 12.1 Å². The van der Waals surface area contributed by atoms with Crippen LogP contribution in [0.25, 0.3) is 132 Å². The lowest BCUT2D eigenvalue weighted by Crippen LogP contribution is -2.07. The fourth-order valence-corrected chi connectivity index (χ4v) is 12.0. The van der Waals surface area contributed by atoms with Crippen molar-refractivity contribution in [3.8, 4) is 46.0 Å². The highest BCUT2D eigenvalue weighted by Gasteiger charge is 2.29. The van der Waals surface area contributed by atoms with Gasteiger partial charge in [0, 0.05) is 83.4 Å². The Balaban J connectivity index is 1.14. The number of para-hydroxylation sites is 6. The number of benzene rings is 10. The third kappa shape index (κ3) is 5.34. The maximum atomic E-state index is 11.8. The number of aromatic nitrogens is 5. The predicted octanol–water partition coefficient (Wildman–Crippen LogP) is 16.0. The summed E-state index contributed by atoms with van der Waals surface area (Å²) in [5, 5.41) is 34.3. The molecule has 0 aliphatic carbocycles. The maximum Gasteiger partial charge on any atom is 0.102 e. The van der Waals surface area contributed by atoms with E-state index in [1.807, 2.05) is 30.6 Å². The summed E-state index contributed by atoms with van der Waals surface area (Å²) in [5.41, 5.74) is 13.6. The first-order chi connectivity index (χ1) is 35.7. The van der Waals surface area contributed by atoms with Gasteiger partial charge in [-0.1, -0.05) is 146 Å². The Morgan fingerprint density at radius 1 is 0.333 bits per heavy atom. The van der Waals surface area contributed by atoms with Crippen LogP contribution in [0.4, 0.5) is 0 Å². The Hall–Kier alpha value is -10.2. The summed E-state index contributed by atoms with van der Waals surface area (Å²) in [6.45, 7) is 0. The average molecular weight is 916 g/mol. The molecule has 7 heteroatoms. The minimum Gasteiger partial charge on any atom is -0.309 e. The van der Waals surface area contributed by atoms with E-state index in [0.717, 1.165) is 109 Å². The van der Waals surface area contributed by atoms with Crippen molar-refractivity contribution >= 4 is 98.0 Å². The van der Waals surface area contributed by atoms with Crippen molar-refractivity contribution in [3.63, 3.8) is 0 Å². The molecule has 0 saturated carbocycles. The Bertz CT molecular complexity index is 4610. The quantitative estimate of drug-likeness (QED) is 0.172. The van der Waals surface area contributed by atoms with Gasteiger partial charge in [0.25, 0.3) is 0 Å². The molecule has 0 aliphatic heterocycles. The zero-order valence-electron chi connectivity index (χ0n) is 38.5.